The number of hydrogen-bond donors (Lipinski definition) is 2. The average molecular weight is 301 g/mol. The fourth-order valence-corrected chi connectivity index (χ4v) is 3.94. The summed E-state index contributed by atoms with van der Waals surface area (Å²) in [5, 5.41) is 2.89. The molecule has 0 amide bonds. The van der Waals surface area contributed by atoms with Gasteiger partial charge in [-0.2, -0.15) is 0 Å². The van der Waals surface area contributed by atoms with E-state index in [2.05, 4.69) is 14.9 Å². The molecule has 7 heteroatoms. The molecule has 1 aliphatic rings. The first-order valence-corrected chi connectivity index (χ1v) is 8.04. The van der Waals surface area contributed by atoms with E-state index >= 15 is 0 Å². The van der Waals surface area contributed by atoms with Crippen LogP contribution < -0.4 is 10.0 Å². The summed E-state index contributed by atoms with van der Waals surface area (Å²) in [7, 11) is -0.0305. The maximum atomic E-state index is 13.4. The van der Waals surface area contributed by atoms with Crippen molar-refractivity contribution in [3.8, 4) is 0 Å². The molecule has 1 atom stereocenters. The molecular formula is C13H20FN3O2S. The van der Waals surface area contributed by atoms with Crippen LogP contribution in [0.2, 0.25) is 0 Å². The molecule has 5 nitrogen and oxygen atoms in total. The van der Waals surface area contributed by atoms with Gasteiger partial charge in [-0.15, -0.1) is 0 Å². The molecule has 2 rings (SSSR count). The lowest BCUT2D eigenvalue weighted by Gasteiger charge is -2.16. The Labute approximate surface area is 119 Å². The Morgan fingerprint density at radius 3 is 2.80 bits per heavy atom. The molecule has 1 fully saturated rings. The Kier molecular flexibility index (Phi) is 4.74. The molecule has 1 aromatic rings. The van der Waals surface area contributed by atoms with E-state index in [4.69, 9.17) is 0 Å². The number of likely N-dealkylation sites (N-methyl/N-ethyl adjacent to an activating group) is 1. The Hall–Kier alpha value is -1.02. The number of hydrogen-bond acceptors (Lipinski definition) is 4. The molecule has 112 valence electrons. The Bertz CT molecular complexity index is 577. The predicted octanol–water partition coefficient (Wildman–Crippen LogP) is 0.528. The van der Waals surface area contributed by atoms with Crippen LogP contribution in [0.4, 0.5) is 4.39 Å². The molecule has 0 bridgehead atoms. The summed E-state index contributed by atoms with van der Waals surface area (Å²) in [5.74, 6) is -0.547. The fourth-order valence-electron chi connectivity index (χ4n) is 2.43. The zero-order valence-electron chi connectivity index (χ0n) is 11.7. The summed E-state index contributed by atoms with van der Waals surface area (Å²) in [6.45, 7) is 1.91. The molecule has 1 unspecified atom stereocenters. The molecule has 1 saturated heterocycles. The molecule has 1 aromatic carbocycles. The van der Waals surface area contributed by atoms with Gasteiger partial charge in [0.2, 0.25) is 10.0 Å². The zero-order chi connectivity index (χ0) is 14.8. The van der Waals surface area contributed by atoms with Crippen LogP contribution in [-0.4, -0.2) is 46.5 Å². The van der Waals surface area contributed by atoms with Crippen LogP contribution in [0.25, 0.3) is 0 Å². The van der Waals surface area contributed by atoms with E-state index in [1.165, 1.54) is 12.1 Å². The second-order valence-corrected chi connectivity index (χ2v) is 6.83. The van der Waals surface area contributed by atoms with Gasteiger partial charge in [-0.3, -0.25) is 0 Å². The summed E-state index contributed by atoms with van der Waals surface area (Å²) in [6.07, 6.45) is 0.770. The van der Waals surface area contributed by atoms with Crippen LogP contribution in [0.1, 0.15) is 12.0 Å². The normalized spacial score (nSPS) is 20.4. The van der Waals surface area contributed by atoms with Crippen molar-refractivity contribution in [2.75, 3.05) is 27.2 Å². The van der Waals surface area contributed by atoms with Gasteiger partial charge in [0.05, 0.1) is 4.90 Å². The van der Waals surface area contributed by atoms with Gasteiger partial charge in [0.15, 0.2) is 0 Å². The largest absolute Gasteiger partial charge is 0.316 e. The van der Waals surface area contributed by atoms with Crippen molar-refractivity contribution >= 4 is 10.0 Å². The van der Waals surface area contributed by atoms with Crippen molar-refractivity contribution in [2.45, 2.75) is 23.9 Å². The minimum Gasteiger partial charge on any atom is -0.316 e. The predicted molar refractivity (Wildman–Crippen MR) is 75.4 cm³/mol. The number of nitrogens with one attached hydrogen (secondary N) is 2. The minimum atomic E-state index is -3.70. The highest BCUT2D eigenvalue weighted by atomic mass is 32.2. The second kappa shape index (κ2) is 6.17. The summed E-state index contributed by atoms with van der Waals surface area (Å²) in [6, 6.07) is 3.74. The highest BCUT2D eigenvalue weighted by Gasteiger charge is 2.27. The molecule has 1 heterocycles. The van der Waals surface area contributed by atoms with Crippen molar-refractivity contribution in [2.24, 2.45) is 0 Å². The third-order valence-corrected chi connectivity index (χ3v) is 5.00. The summed E-state index contributed by atoms with van der Waals surface area (Å²) in [5.41, 5.74) is 0.563. The Morgan fingerprint density at radius 1 is 1.45 bits per heavy atom. The highest BCUT2D eigenvalue weighted by molar-refractivity contribution is 7.89. The van der Waals surface area contributed by atoms with E-state index in [1.807, 2.05) is 7.05 Å². The Morgan fingerprint density at radius 2 is 2.20 bits per heavy atom. The van der Waals surface area contributed by atoms with Gasteiger partial charge in [0, 0.05) is 19.1 Å². The monoisotopic (exact) mass is 301 g/mol. The van der Waals surface area contributed by atoms with Gasteiger partial charge in [0.25, 0.3) is 0 Å². The number of likely N-dealkylation sites (tertiary alicyclic amines) is 1. The number of nitrogens with zero attached hydrogens (tertiary/aromatic N) is 1. The molecule has 1 aliphatic heterocycles. The van der Waals surface area contributed by atoms with Gasteiger partial charge < -0.3 is 10.2 Å². The van der Waals surface area contributed by atoms with Crippen LogP contribution in [0.3, 0.4) is 0 Å². The molecular weight excluding hydrogens is 281 g/mol. The van der Waals surface area contributed by atoms with Crippen LogP contribution in [0, 0.1) is 5.82 Å². The first-order valence-electron chi connectivity index (χ1n) is 6.56. The lowest BCUT2D eigenvalue weighted by atomic mass is 10.2. The molecule has 20 heavy (non-hydrogen) atoms. The van der Waals surface area contributed by atoms with Crippen molar-refractivity contribution in [3.05, 3.63) is 29.6 Å². The first-order chi connectivity index (χ1) is 9.42. The third kappa shape index (κ3) is 3.54. The molecule has 2 N–H and O–H groups in total. The van der Waals surface area contributed by atoms with E-state index in [9.17, 15) is 12.8 Å². The van der Waals surface area contributed by atoms with Crippen molar-refractivity contribution < 1.29 is 12.8 Å². The first kappa shape index (κ1) is 15.4. The molecule has 0 radical (unpaired) electrons. The van der Waals surface area contributed by atoms with Crippen LogP contribution in [0.5, 0.6) is 0 Å². The quantitative estimate of drug-likeness (QED) is 0.833. The number of sulfonamides is 1. The van der Waals surface area contributed by atoms with Gasteiger partial charge in [-0.25, -0.2) is 17.5 Å². The standard InChI is InChI=1S/C13H20FN3O2S/c1-15-8-10-3-4-11(14)7-13(10)20(18,19)16-12-5-6-17(2)9-12/h3-4,7,12,15-16H,5-6,8-9H2,1-2H3. The van der Waals surface area contributed by atoms with Crippen molar-refractivity contribution in [3.63, 3.8) is 0 Å². The minimum absolute atomic E-state index is 0.0152. The molecule has 0 aliphatic carbocycles. The van der Waals surface area contributed by atoms with E-state index in [-0.39, 0.29) is 10.9 Å². The van der Waals surface area contributed by atoms with E-state index in [0.29, 0.717) is 18.7 Å². The second-order valence-electron chi connectivity index (χ2n) is 5.15. The number of halogens is 1. The maximum Gasteiger partial charge on any atom is 0.241 e. The summed E-state index contributed by atoms with van der Waals surface area (Å²) >= 11 is 0. The Balaban J connectivity index is 2.26. The molecule has 0 saturated carbocycles. The summed E-state index contributed by atoms with van der Waals surface area (Å²) < 4.78 is 40.9. The van der Waals surface area contributed by atoms with E-state index < -0.39 is 15.8 Å². The van der Waals surface area contributed by atoms with Gasteiger partial charge in [0.1, 0.15) is 5.82 Å². The maximum absolute atomic E-state index is 13.4. The van der Waals surface area contributed by atoms with Crippen LogP contribution >= 0.6 is 0 Å². The van der Waals surface area contributed by atoms with Crippen molar-refractivity contribution in [1.82, 2.24) is 14.9 Å². The van der Waals surface area contributed by atoms with E-state index in [0.717, 1.165) is 19.0 Å². The number of benzene rings is 1. The fraction of sp³-hybridized carbons (Fsp3) is 0.538. The van der Waals surface area contributed by atoms with Gasteiger partial charge in [-0.05, 0) is 44.8 Å². The van der Waals surface area contributed by atoms with Crippen molar-refractivity contribution in [1.29, 1.82) is 0 Å². The summed E-state index contributed by atoms with van der Waals surface area (Å²) in [4.78, 5) is 2.08. The lowest BCUT2D eigenvalue weighted by Crippen LogP contribution is -2.37. The smallest absolute Gasteiger partial charge is 0.241 e. The zero-order valence-corrected chi connectivity index (χ0v) is 12.5. The SMILES string of the molecule is CNCc1ccc(F)cc1S(=O)(=O)NC1CCN(C)C1. The third-order valence-electron chi connectivity index (χ3n) is 3.40. The lowest BCUT2D eigenvalue weighted by molar-refractivity contribution is 0.407. The van der Waals surface area contributed by atoms with E-state index in [1.54, 1.807) is 7.05 Å². The highest BCUT2D eigenvalue weighted by Crippen LogP contribution is 2.19. The van der Waals surface area contributed by atoms with Crippen LogP contribution in [0.15, 0.2) is 23.1 Å². The average Bonchev–Trinajstić information content (AvgIpc) is 2.76. The topological polar surface area (TPSA) is 61.4 Å². The molecule has 0 spiro atoms. The van der Waals surface area contributed by atoms with Gasteiger partial charge in [-0.1, -0.05) is 6.07 Å². The molecule has 0 aromatic heterocycles. The van der Waals surface area contributed by atoms with Gasteiger partial charge >= 0.3 is 0 Å². The number of rotatable bonds is 5. The van der Waals surface area contributed by atoms with Crippen LogP contribution in [-0.2, 0) is 16.6 Å².